The van der Waals surface area contributed by atoms with Crippen molar-refractivity contribution in [2.75, 3.05) is 0 Å². The van der Waals surface area contributed by atoms with Crippen LogP contribution in [0.1, 0.15) is 88.5 Å². The van der Waals surface area contributed by atoms with Gasteiger partial charge in [-0.15, -0.1) is 0 Å². The van der Waals surface area contributed by atoms with Crippen molar-refractivity contribution in [3.63, 3.8) is 0 Å². The Hall–Kier alpha value is -2.92. The third-order valence-corrected chi connectivity index (χ3v) is 9.22. The number of hydrogen-bond donors (Lipinski definition) is 0. The second-order valence-corrected chi connectivity index (χ2v) is 13.6. The van der Waals surface area contributed by atoms with E-state index in [1.54, 1.807) is 20.8 Å². The third kappa shape index (κ3) is 7.83. The lowest BCUT2D eigenvalue weighted by molar-refractivity contribution is -0.267. The van der Waals surface area contributed by atoms with Crippen LogP contribution in [0.3, 0.4) is 0 Å². The van der Waals surface area contributed by atoms with Crippen LogP contribution in [0.15, 0.2) is 30.4 Å². The lowest BCUT2D eigenvalue weighted by Gasteiger charge is -2.45. The van der Waals surface area contributed by atoms with Gasteiger partial charge in [0, 0.05) is 30.1 Å². The van der Waals surface area contributed by atoms with Crippen LogP contribution >= 0.6 is 0 Å². The van der Waals surface area contributed by atoms with Crippen molar-refractivity contribution in [2.24, 2.45) is 29.1 Å². The minimum atomic E-state index is -3.03. The summed E-state index contributed by atoms with van der Waals surface area (Å²) in [6.45, 7) is 17.3. The molecule has 246 valence electrons. The molecule has 10 nitrogen and oxygen atoms in total. The van der Waals surface area contributed by atoms with E-state index in [1.807, 2.05) is 27.7 Å². The molecule has 1 aromatic heterocycles. The zero-order valence-corrected chi connectivity index (χ0v) is 27.7. The van der Waals surface area contributed by atoms with E-state index >= 15 is 4.39 Å². The van der Waals surface area contributed by atoms with Gasteiger partial charge in [-0.05, 0) is 63.0 Å². The Morgan fingerprint density at radius 2 is 1.80 bits per heavy atom. The van der Waals surface area contributed by atoms with Gasteiger partial charge in [0.1, 0.15) is 12.4 Å². The highest BCUT2D eigenvalue weighted by molar-refractivity contribution is 6.07. The Morgan fingerprint density at radius 1 is 1.14 bits per heavy atom. The molecule has 3 rings (SSSR count). The lowest BCUT2D eigenvalue weighted by atomic mass is 9.70. The van der Waals surface area contributed by atoms with Gasteiger partial charge in [-0.3, -0.25) is 9.59 Å². The number of halogens is 1. The molecule has 0 N–H and O–H groups in total. The zero-order chi connectivity index (χ0) is 33.1. The van der Waals surface area contributed by atoms with Crippen molar-refractivity contribution in [1.29, 1.82) is 0 Å². The summed E-state index contributed by atoms with van der Waals surface area (Å²) in [7, 11) is 0. The van der Waals surface area contributed by atoms with E-state index in [1.165, 1.54) is 31.7 Å². The van der Waals surface area contributed by atoms with Gasteiger partial charge in [-0.25, -0.2) is 23.5 Å². The smallest absolute Gasteiger partial charge is 0.419 e. The summed E-state index contributed by atoms with van der Waals surface area (Å²) >= 11 is 0. The minimum absolute atomic E-state index is 0.00404. The maximum absolute atomic E-state index is 16.3. The average Bonchev–Trinajstić information content (AvgIpc) is 3.49. The number of cyclic esters (lactones) is 1. The van der Waals surface area contributed by atoms with E-state index in [4.69, 9.17) is 18.9 Å². The number of Topliss-reactive ketones (excluding diaryl/α,β-unsaturated/α-hetero) is 2. The number of nitrogens with zero attached hydrogens (tertiary/aromatic N) is 2. The number of hydrogen-bond acceptors (Lipinski definition) is 9. The Bertz CT molecular complexity index is 1230. The number of ether oxygens (including phenoxy) is 4. The number of carbonyl (C=O) groups is 4. The van der Waals surface area contributed by atoms with Gasteiger partial charge in [0.2, 0.25) is 0 Å². The van der Waals surface area contributed by atoms with E-state index in [9.17, 15) is 19.2 Å². The van der Waals surface area contributed by atoms with Gasteiger partial charge in [-0.2, -0.15) is 0 Å². The number of ketones is 2. The summed E-state index contributed by atoms with van der Waals surface area (Å²) in [6.07, 6.45) is 1.79. The standard InChI is InChI=1S/C33H49FN2O8/c1-11-24-25(43-31(40)36-13-12-35-17-36)15-19(3)26(37)20(4)16-32(8,9)28(23(7)27(38)33(10,34)30(39)42-24)44-29-22(6)18(2)14-21(5)41-29/h12-13,15,17-18,20-25,28-29H,11,14,16H2,1-10H3/t18-,20+,21+,22+,23-,24+,25-,28+,29?,33-/m0/s1. The molecule has 10 atom stereocenters. The molecule has 44 heavy (non-hydrogen) atoms. The second-order valence-electron chi connectivity index (χ2n) is 13.6. The summed E-state index contributed by atoms with van der Waals surface area (Å²) in [5, 5.41) is 0. The summed E-state index contributed by atoms with van der Waals surface area (Å²) in [6, 6.07) is 0. The number of aromatic nitrogens is 2. The predicted octanol–water partition coefficient (Wildman–Crippen LogP) is 5.87. The van der Waals surface area contributed by atoms with E-state index in [2.05, 4.69) is 11.9 Å². The minimum Gasteiger partial charge on any atom is -0.455 e. The van der Waals surface area contributed by atoms with Crippen LogP contribution in [0.25, 0.3) is 0 Å². The SMILES string of the molecule is CC[C@H]1OC(=O)[C@@](C)(F)C(=O)[C@H](C)[C@@H](OC2O[C@H](C)C[C@H](C)[C@H]2C)C(C)(C)C[C@@H](C)C(=O)C(C)=C[C@@H]1OC(=O)n1ccnc1. The van der Waals surface area contributed by atoms with Gasteiger partial charge in [0.15, 0.2) is 24.0 Å². The predicted molar refractivity (Wildman–Crippen MR) is 160 cm³/mol. The first-order chi connectivity index (χ1) is 20.4. The monoisotopic (exact) mass is 620 g/mol. The molecular formula is C33H49FN2O8. The van der Waals surface area contributed by atoms with Crippen LogP contribution in [0.4, 0.5) is 9.18 Å². The molecule has 0 aromatic carbocycles. The van der Waals surface area contributed by atoms with E-state index in [0.717, 1.165) is 17.9 Å². The Labute approximate surface area is 260 Å². The van der Waals surface area contributed by atoms with Crippen molar-refractivity contribution in [2.45, 2.75) is 125 Å². The molecule has 2 aliphatic rings. The first-order valence-corrected chi connectivity index (χ1v) is 15.6. The van der Waals surface area contributed by atoms with Crippen molar-refractivity contribution < 1.29 is 42.5 Å². The number of imidazole rings is 1. The molecule has 0 saturated carbocycles. The highest BCUT2D eigenvalue weighted by atomic mass is 19.1. The number of esters is 1. The topological polar surface area (TPSA) is 123 Å². The molecule has 0 amide bonds. The summed E-state index contributed by atoms with van der Waals surface area (Å²) in [5.74, 6) is -3.98. The van der Waals surface area contributed by atoms with Crippen molar-refractivity contribution >= 4 is 23.6 Å². The van der Waals surface area contributed by atoms with Crippen LogP contribution in [-0.2, 0) is 33.3 Å². The molecule has 1 saturated heterocycles. The zero-order valence-electron chi connectivity index (χ0n) is 27.7. The van der Waals surface area contributed by atoms with Crippen LogP contribution in [-0.4, -0.2) is 69.6 Å². The van der Waals surface area contributed by atoms with E-state index in [0.29, 0.717) is 5.57 Å². The average molecular weight is 621 g/mol. The summed E-state index contributed by atoms with van der Waals surface area (Å²) < 4.78 is 41.3. The normalized spacial score (nSPS) is 37.5. The molecule has 3 heterocycles. The summed E-state index contributed by atoms with van der Waals surface area (Å²) in [4.78, 5) is 57.5. The highest BCUT2D eigenvalue weighted by Crippen LogP contribution is 2.42. The fourth-order valence-corrected chi connectivity index (χ4v) is 6.47. The van der Waals surface area contributed by atoms with Gasteiger partial charge in [0.05, 0.1) is 12.2 Å². The lowest BCUT2D eigenvalue weighted by Crippen LogP contribution is -2.54. The van der Waals surface area contributed by atoms with Gasteiger partial charge >= 0.3 is 12.1 Å². The fourth-order valence-electron chi connectivity index (χ4n) is 6.47. The number of rotatable bonds is 4. The molecule has 1 fully saturated rings. The van der Waals surface area contributed by atoms with Crippen LogP contribution < -0.4 is 0 Å². The molecular weight excluding hydrogens is 571 g/mol. The first-order valence-electron chi connectivity index (χ1n) is 15.6. The highest BCUT2D eigenvalue weighted by Gasteiger charge is 2.52. The largest absolute Gasteiger partial charge is 0.455 e. The Kier molecular flexibility index (Phi) is 11.3. The van der Waals surface area contributed by atoms with Crippen molar-refractivity contribution in [3.8, 4) is 0 Å². The van der Waals surface area contributed by atoms with Crippen molar-refractivity contribution in [1.82, 2.24) is 9.55 Å². The van der Waals surface area contributed by atoms with Crippen LogP contribution in [0.5, 0.6) is 0 Å². The maximum atomic E-state index is 16.3. The molecule has 11 heteroatoms. The molecule has 0 radical (unpaired) electrons. The second kappa shape index (κ2) is 14.0. The fraction of sp³-hybridized carbons (Fsp3) is 0.727. The Balaban J connectivity index is 2.06. The maximum Gasteiger partial charge on any atom is 0.419 e. The third-order valence-electron chi connectivity index (χ3n) is 9.22. The molecule has 0 aliphatic carbocycles. The number of carbonyl (C=O) groups excluding carboxylic acids is 4. The van der Waals surface area contributed by atoms with E-state index < -0.39 is 65.4 Å². The van der Waals surface area contributed by atoms with Gasteiger partial charge in [0.25, 0.3) is 5.67 Å². The quantitative estimate of drug-likeness (QED) is 0.301. The molecule has 0 spiro atoms. The van der Waals surface area contributed by atoms with Gasteiger partial charge in [-0.1, -0.05) is 48.5 Å². The molecule has 1 aromatic rings. The molecule has 0 bridgehead atoms. The molecule has 2 aliphatic heterocycles. The van der Waals surface area contributed by atoms with Crippen LogP contribution in [0, 0.1) is 29.1 Å². The number of allylic oxidation sites excluding steroid dienone is 1. The number of alkyl halides is 1. The van der Waals surface area contributed by atoms with Crippen molar-refractivity contribution in [3.05, 3.63) is 30.4 Å². The van der Waals surface area contributed by atoms with E-state index in [-0.39, 0.29) is 36.6 Å². The van der Waals surface area contributed by atoms with Crippen LogP contribution in [0.2, 0.25) is 0 Å². The van der Waals surface area contributed by atoms with Gasteiger partial charge < -0.3 is 18.9 Å². The summed E-state index contributed by atoms with van der Waals surface area (Å²) in [5.41, 5.74) is -3.58. The first kappa shape index (κ1) is 35.6. The molecule has 1 unspecified atom stereocenters. The Morgan fingerprint density at radius 3 is 2.39 bits per heavy atom.